The third-order valence-electron chi connectivity index (χ3n) is 2.27. The van der Waals surface area contributed by atoms with Crippen molar-refractivity contribution in [2.75, 3.05) is 6.54 Å². The topological polar surface area (TPSA) is 72.2 Å². The number of rotatable bonds is 1. The lowest BCUT2D eigenvalue weighted by Crippen LogP contribution is -2.37. The molecule has 5 heteroatoms. The minimum absolute atomic E-state index is 0.0723. The number of carbonyl (C=O) groups excluding carboxylic acids is 1. The molecular weight excluding hydrogens is 184 g/mol. The molecule has 1 heterocycles. The second kappa shape index (κ2) is 3.10. The van der Waals surface area contributed by atoms with E-state index in [0.29, 0.717) is 11.1 Å². The Morgan fingerprint density at radius 2 is 2.14 bits per heavy atom. The third kappa shape index (κ3) is 1.22. The molecule has 0 aromatic heterocycles. The summed E-state index contributed by atoms with van der Waals surface area (Å²) in [7, 11) is 0. The smallest absolute Gasteiger partial charge is 0.255 e. The van der Waals surface area contributed by atoms with Crippen molar-refractivity contribution < 1.29 is 9.72 Å². The Labute approximate surface area is 79.9 Å². The van der Waals surface area contributed by atoms with Crippen LogP contribution in [0.15, 0.2) is 24.3 Å². The van der Waals surface area contributed by atoms with Crippen molar-refractivity contribution in [3.05, 3.63) is 45.5 Å². The number of nitrogens with one attached hydrogen (secondary N) is 1. The first-order valence-corrected chi connectivity index (χ1v) is 4.21. The summed E-state index contributed by atoms with van der Waals surface area (Å²) in [5, 5.41) is 13.2. The van der Waals surface area contributed by atoms with Crippen molar-refractivity contribution in [1.82, 2.24) is 5.32 Å². The molecule has 2 rings (SSSR count). The van der Waals surface area contributed by atoms with Gasteiger partial charge in [-0.3, -0.25) is 14.9 Å². The van der Waals surface area contributed by atoms with E-state index < -0.39 is 6.04 Å². The fourth-order valence-corrected chi connectivity index (χ4v) is 1.58. The van der Waals surface area contributed by atoms with Gasteiger partial charge in [0.05, 0.1) is 6.54 Å². The lowest BCUT2D eigenvalue weighted by Gasteiger charge is -2.19. The van der Waals surface area contributed by atoms with E-state index in [1.54, 1.807) is 24.3 Å². The van der Waals surface area contributed by atoms with Crippen molar-refractivity contribution in [1.29, 1.82) is 0 Å². The highest BCUT2D eigenvalue weighted by molar-refractivity contribution is 5.96. The van der Waals surface area contributed by atoms with Crippen LogP contribution in [-0.2, 0) is 0 Å². The number of benzene rings is 1. The average Bonchev–Trinajstić information content (AvgIpc) is 2.18. The lowest BCUT2D eigenvalue weighted by atomic mass is 9.97. The Balaban J connectivity index is 2.52. The first-order chi connectivity index (χ1) is 6.70. The molecule has 1 N–H and O–H groups in total. The van der Waals surface area contributed by atoms with Gasteiger partial charge in [-0.25, -0.2) is 0 Å². The summed E-state index contributed by atoms with van der Waals surface area (Å²) >= 11 is 0. The molecule has 1 aromatic carbocycles. The molecule has 1 aliphatic rings. The summed E-state index contributed by atoms with van der Waals surface area (Å²) in [6, 6.07) is 5.81. The molecule has 0 fully saturated rings. The van der Waals surface area contributed by atoms with Gasteiger partial charge in [0.1, 0.15) is 0 Å². The predicted molar refractivity (Wildman–Crippen MR) is 48.5 cm³/mol. The van der Waals surface area contributed by atoms with E-state index in [0.717, 1.165) is 0 Å². The van der Waals surface area contributed by atoms with E-state index in [1.807, 2.05) is 0 Å². The van der Waals surface area contributed by atoms with Gasteiger partial charge in [0.25, 0.3) is 11.9 Å². The summed E-state index contributed by atoms with van der Waals surface area (Å²) in [6.45, 7) is 0.0723. The van der Waals surface area contributed by atoms with Crippen LogP contribution in [0, 0.1) is 10.1 Å². The van der Waals surface area contributed by atoms with Crippen LogP contribution in [0.4, 0.5) is 0 Å². The standard InChI is InChI=1S/C9H8N2O3/c12-9-7-4-2-1-3-6(7)8(5-10-9)11(13)14/h1-4,8H,5H2,(H,10,12). The molecule has 0 spiro atoms. The van der Waals surface area contributed by atoms with Gasteiger partial charge in [-0.15, -0.1) is 0 Å². The fourth-order valence-electron chi connectivity index (χ4n) is 1.58. The maximum Gasteiger partial charge on any atom is 0.255 e. The molecule has 1 aliphatic heterocycles. The van der Waals surface area contributed by atoms with E-state index in [4.69, 9.17) is 0 Å². The summed E-state index contributed by atoms with van der Waals surface area (Å²) in [6.07, 6.45) is 0. The maximum absolute atomic E-state index is 11.3. The number of hydrogen-bond donors (Lipinski definition) is 1. The van der Waals surface area contributed by atoms with Crippen molar-refractivity contribution in [3.8, 4) is 0 Å². The van der Waals surface area contributed by atoms with Gasteiger partial charge in [0.2, 0.25) is 0 Å². The number of nitro groups is 1. The van der Waals surface area contributed by atoms with Gasteiger partial charge in [-0.2, -0.15) is 0 Å². The molecule has 1 aromatic rings. The second-order valence-electron chi connectivity index (χ2n) is 3.10. The quantitative estimate of drug-likeness (QED) is 0.527. The molecule has 1 amide bonds. The van der Waals surface area contributed by atoms with Crippen LogP contribution >= 0.6 is 0 Å². The molecule has 0 aliphatic carbocycles. The van der Waals surface area contributed by atoms with E-state index in [2.05, 4.69) is 5.32 Å². The largest absolute Gasteiger partial charge is 0.345 e. The molecule has 5 nitrogen and oxygen atoms in total. The third-order valence-corrected chi connectivity index (χ3v) is 2.27. The van der Waals surface area contributed by atoms with Gasteiger partial charge in [-0.05, 0) is 6.07 Å². The van der Waals surface area contributed by atoms with Crippen LogP contribution in [0.1, 0.15) is 22.0 Å². The first-order valence-electron chi connectivity index (χ1n) is 4.21. The van der Waals surface area contributed by atoms with Crippen molar-refractivity contribution in [2.24, 2.45) is 0 Å². The Morgan fingerprint density at radius 1 is 1.43 bits per heavy atom. The van der Waals surface area contributed by atoms with Crippen molar-refractivity contribution in [3.63, 3.8) is 0 Å². The molecule has 0 radical (unpaired) electrons. The molecule has 0 bridgehead atoms. The fraction of sp³-hybridized carbons (Fsp3) is 0.222. The minimum Gasteiger partial charge on any atom is -0.345 e. The van der Waals surface area contributed by atoms with E-state index in [1.165, 1.54) is 0 Å². The highest BCUT2D eigenvalue weighted by atomic mass is 16.6. The number of hydrogen-bond acceptors (Lipinski definition) is 3. The number of amides is 1. The van der Waals surface area contributed by atoms with Gasteiger partial charge in [0.15, 0.2) is 0 Å². The van der Waals surface area contributed by atoms with Crippen LogP contribution in [-0.4, -0.2) is 17.4 Å². The van der Waals surface area contributed by atoms with Gasteiger partial charge in [-0.1, -0.05) is 18.2 Å². The maximum atomic E-state index is 11.3. The Bertz CT molecular complexity index is 403. The molecule has 72 valence electrons. The Morgan fingerprint density at radius 3 is 2.86 bits per heavy atom. The molecule has 14 heavy (non-hydrogen) atoms. The summed E-state index contributed by atoms with van der Waals surface area (Å²) < 4.78 is 0. The first kappa shape index (κ1) is 8.68. The van der Waals surface area contributed by atoms with Gasteiger partial charge in [0, 0.05) is 16.1 Å². The summed E-state index contributed by atoms with van der Waals surface area (Å²) in [5.41, 5.74) is 0.904. The van der Waals surface area contributed by atoms with Gasteiger partial charge >= 0.3 is 0 Å². The second-order valence-corrected chi connectivity index (χ2v) is 3.10. The Kier molecular flexibility index (Phi) is 1.92. The molecule has 0 saturated carbocycles. The van der Waals surface area contributed by atoms with Crippen LogP contribution < -0.4 is 5.32 Å². The zero-order chi connectivity index (χ0) is 10.1. The molecule has 0 saturated heterocycles. The van der Waals surface area contributed by atoms with Crippen LogP contribution in [0.5, 0.6) is 0 Å². The molecule has 1 atom stereocenters. The number of carbonyl (C=O) groups is 1. The van der Waals surface area contributed by atoms with E-state index in [9.17, 15) is 14.9 Å². The average molecular weight is 192 g/mol. The van der Waals surface area contributed by atoms with E-state index in [-0.39, 0.29) is 17.4 Å². The minimum atomic E-state index is -0.816. The highest BCUT2D eigenvalue weighted by Crippen LogP contribution is 2.23. The van der Waals surface area contributed by atoms with Gasteiger partial charge < -0.3 is 5.32 Å². The zero-order valence-electron chi connectivity index (χ0n) is 7.27. The van der Waals surface area contributed by atoms with Crippen molar-refractivity contribution in [2.45, 2.75) is 6.04 Å². The molecular formula is C9H8N2O3. The monoisotopic (exact) mass is 192 g/mol. The zero-order valence-corrected chi connectivity index (χ0v) is 7.27. The summed E-state index contributed by atoms with van der Waals surface area (Å²) in [5.74, 6) is -0.237. The predicted octanol–water partition coefficient (Wildman–Crippen LogP) is 0.748. The van der Waals surface area contributed by atoms with Crippen LogP contribution in [0.2, 0.25) is 0 Å². The summed E-state index contributed by atoms with van der Waals surface area (Å²) in [4.78, 5) is 21.6. The van der Waals surface area contributed by atoms with Crippen molar-refractivity contribution >= 4 is 5.91 Å². The van der Waals surface area contributed by atoms with E-state index >= 15 is 0 Å². The Hall–Kier alpha value is -1.91. The highest BCUT2D eigenvalue weighted by Gasteiger charge is 2.32. The van der Waals surface area contributed by atoms with Crippen LogP contribution in [0.3, 0.4) is 0 Å². The van der Waals surface area contributed by atoms with Crippen LogP contribution in [0.25, 0.3) is 0 Å². The number of nitrogens with zero attached hydrogens (tertiary/aromatic N) is 1. The normalized spacial score (nSPS) is 19.7. The molecule has 1 unspecified atom stereocenters. The number of fused-ring (bicyclic) bond motifs is 1. The lowest BCUT2D eigenvalue weighted by molar-refractivity contribution is -0.527. The SMILES string of the molecule is O=C1NCC([N+](=O)[O-])c2ccccc21.